The maximum Gasteiger partial charge on any atom is 0.175 e. The SMILES string of the molecule is S=C(Nc1ccc(Sc2ccc(NC(=S)Nc3ccc(Cl)cc3Cl)cc2)cc1)Nc1ccc(Cl)cc1Cl. The van der Waals surface area contributed by atoms with E-state index in [1.807, 2.05) is 48.5 Å². The summed E-state index contributed by atoms with van der Waals surface area (Å²) < 4.78 is 0. The van der Waals surface area contributed by atoms with Crippen LogP contribution in [0.1, 0.15) is 0 Å². The molecule has 4 aromatic carbocycles. The van der Waals surface area contributed by atoms with Crippen molar-refractivity contribution in [1.82, 2.24) is 0 Å². The molecule has 0 heterocycles. The van der Waals surface area contributed by atoms with Crippen molar-refractivity contribution < 1.29 is 0 Å². The molecule has 4 rings (SSSR count). The third-order valence-corrected chi connectivity index (χ3v) is 7.34. The fourth-order valence-electron chi connectivity index (χ4n) is 3.10. The van der Waals surface area contributed by atoms with Crippen LogP contribution in [-0.2, 0) is 0 Å². The molecule has 0 bridgehead atoms. The van der Waals surface area contributed by atoms with Crippen molar-refractivity contribution in [3.8, 4) is 0 Å². The van der Waals surface area contributed by atoms with Crippen molar-refractivity contribution >= 4 is 116 Å². The Balaban J connectivity index is 1.28. The van der Waals surface area contributed by atoms with Crippen molar-refractivity contribution in [2.75, 3.05) is 21.3 Å². The maximum absolute atomic E-state index is 6.19. The third-order valence-electron chi connectivity index (χ3n) is 4.82. The van der Waals surface area contributed by atoms with Crippen molar-refractivity contribution in [2.24, 2.45) is 0 Å². The van der Waals surface area contributed by atoms with Gasteiger partial charge in [0.2, 0.25) is 0 Å². The summed E-state index contributed by atoms with van der Waals surface area (Å²) in [5, 5.41) is 15.4. The van der Waals surface area contributed by atoms with Crippen LogP contribution in [0, 0.1) is 0 Å². The summed E-state index contributed by atoms with van der Waals surface area (Å²) in [6.45, 7) is 0. The lowest BCUT2D eigenvalue weighted by molar-refractivity contribution is 1.40. The molecule has 4 nitrogen and oxygen atoms in total. The van der Waals surface area contributed by atoms with E-state index in [9.17, 15) is 0 Å². The Morgan fingerprint density at radius 1 is 0.514 bits per heavy atom. The van der Waals surface area contributed by atoms with E-state index in [-0.39, 0.29) is 0 Å². The Bertz CT molecular complexity index is 1320. The molecule has 4 N–H and O–H groups in total. The second kappa shape index (κ2) is 13.0. The summed E-state index contributed by atoms with van der Waals surface area (Å²) in [7, 11) is 0. The van der Waals surface area contributed by atoms with E-state index in [1.165, 1.54) is 0 Å². The Labute approximate surface area is 250 Å². The molecule has 0 spiro atoms. The minimum absolute atomic E-state index is 0.429. The van der Waals surface area contributed by atoms with Gasteiger partial charge < -0.3 is 21.3 Å². The highest BCUT2D eigenvalue weighted by molar-refractivity contribution is 7.99. The Morgan fingerprint density at radius 3 is 1.24 bits per heavy atom. The maximum atomic E-state index is 6.19. The molecule has 11 heteroatoms. The number of hydrogen-bond acceptors (Lipinski definition) is 3. The number of hydrogen-bond donors (Lipinski definition) is 4. The number of nitrogens with one attached hydrogen (secondary N) is 4. The third kappa shape index (κ3) is 8.38. The van der Waals surface area contributed by atoms with E-state index in [0.717, 1.165) is 21.2 Å². The van der Waals surface area contributed by atoms with Gasteiger partial charge >= 0.3 is 0 Å². The van der Waals surface area contributed by atoms with Crippen LogP contribution in [0.5, 0.6) is 0 Å². The standard InChI is InChI=1S/C26H18Cl4N4S3/c27-15-1-11-23(21(29)13-15)33-25(35)31-17-3-7-19(8-4-17)37-20-9-5-18(6-10-20)32-26(36)34-24-12-2-16(28)14-22(24)30/h1-14H,(H2,31,33,35)(H2,32,34,36). The van der Waals surface area contributed by atoms with Gasteiger partial charge in [-0.1, -0.05) is 58.2 Å². The van der Waals surface area contributed by atoms with Crippen molar-refractivity contribution in [2.45, 2.75) is 9.79 Å². The van der Waals surface area contributed by atoms with Crippen molar-refractivity contribution in [3.05, 3.63) is 105 Å². The first-order valence-electron chi connectivity index (χ1n) is 10.7. The first kappa shape index (κ1) is 27.8. The normalized spacial score (nSPS) is 10.5. The molecule has 0 unspecified atom stereocenters. The zero-order valence-corrected chi connectivity index (χ0v) is 24.3. The second-order valence-corrected chi connectivity index (χ2v) is 11.2. The van der Waals surface area contributed by atoms with E-state index < -0.39 is 0 Å². The highest BCUT2D eigenvalue weighted by atomic mass is 35.5. The number of anilines is 4. The van der Waals surface area contributed by atoms with Gasteiger partial charge in [-0.05, 0) is 109 Å². The highest BCUT2D eigenvalue weighted by Gasteiger charge is 2.06. The van der Waals surface area contributed by atoms with Crippen LogP contribution in [0.4, 0.5) is 22.7 Å². The first-order valence-corrected chi connectivity index (χ1v) is 13.8. The van der Waals surface area contributed by atoms with Crippen molar-refractivity contribution in [1.29, 1.82) is 0 Å². The summed E-state index contributed by atoms with van der Waals surface area (Å²) >= 11 is 36.7. The average Bonchev–Trinajstić information content (AvgIpc) is 2.85. The van der Waals surface area contributed by atoms with Gasteiger partial charge in [-0.25, -0.2) is 0 Å². The molecule has 0 aromatic heterocycles. The molecule has 0 saturated carbocycles. The number of thiocarbonyl (C=S) groups is 2. The van der Waals surface area contributed by atoms with Crippen molar-refractivity contribution in [3.63, 3.8) is 0 Å². The Hall–Kier alpha value is -2.23. The Morgan fingerprint density at radius 2 is 0.892 bits per heavy atom. The second-order valence-electron chi connectivity index (χ2n) is 7.56. The van der Waals surface area contributed by atoms with Crippen LogP contribution in [-0.4, -0.2) is 10.2 Å². The lowest BCUT2D eigenvalue weighted by atomic mass is 10.3. The minimum Gasteiger partial charge on any atom is -0.332 e. The zero-order chi connectivity index (χ0) is 26.4. The van der Waals surface area contributed by atoms with Crippen LogP contribution in [0.25, 0.3) is 0 Å². The smallest absolute Gasteiger partial charge is 0.175 e. The fraction of sp³-hybridized carbons (Fsp3) is 0. The lowest BCUT2D eigenvalue weighted by Crippen LogP contribution is -2.19. The predicted octanol–water partition coefficient (Wildman–Crippen LogP) is 10.1. The van der Waals surface area contributed by atoms with E-state index in [0.29, 0.717) is 41.7 Å². The molecule has 0 amide bonds. The van der Waals surface area contributed by atoms with Gasteiger partial charge in [0.05, 0.1) is 21.4 Å². The van der Waals surface area contributed by atoms with E-state index >= 15 is 0 Å². The summed E-state index contributed by atoms with van der Waals surface area (Å²) in [5.74, 6) is 0. The van der Waals surface area contributed by atoms with Gasteiger partial charge in [-0.15, -0.1) is 0 Å². The molecule has 0 saturated heterocycles. The monoisotopic (exact) mass is 622 g/mol. The molecule has 0 aliphatic heterocycles. The zero-order valence-electron chi connectivity index (χ0n) is 18.8. The largest absolute Gasteiger partial charge is 0.332 e. The summed E-state index contributed by atoms with van der Waals surface area (Å²) in [6.07, 6.45) is 0. The molecule has 0 radical (unpaired) electrons. The highest BCUT2D eigenvalue weighted by Crippen LogP contribution is 2.30. The molecule has 0 aliphatic carbocycles. The molecule has 37 heavy (non-hydrogen) atoms. The Kier molecular flexibility index (Phi) is 9.78. The molecule has 188 valence electrons. The van der Waals surface area contributed by atoms with Crippen LogP contribution >= 0.6 is 82.6 Å². The minimum atomic E-state index is 0.429. The summed E-state index contributed by atoms with van der Waals surface area (Å²) in [4.78, 5) is 2.17. The number of halogens is 4. The summed E-state index contributed by atoms with van der Waals surface area (Å²) in [5.41, 5.74) is 3.07. The molecule has 4 aromatic rings. The van der Waals surface area contributed by atoms with Crippen LogP contribution in [0.15, 0.2) is 94.7 Å². The van der Waals surface area contributed by atoms with Crippen LogP contribution in [0.2, 0.25) is 20.1 Å². The predicted molar refractivity (Wildman–Crippen MR) is 170 cm³/mol. The lowest BCUT2D eigenvalue weighted by Gasteiger charge is -2.13. The molecule has 0 atom stereocenters. The van der Waals surface area contributed by atoms with Gasteiger partial charge in [-0.2, -0.15) is 0 Å². The average molecular weight is 624 g/mol. The van der Waals surface area contributed by atoms with Gasteiger partial charge in [0.1, 0.15) is 0 Å². The first-order chi connectivity index (χ1) is 17.7. The van der Waals surface area contributed by atoms with Crippen LogP contribution in [0.3, 0.4) is 0 Å². The van der Waals surface area contributed by atoms with E-state index in [2.05, 4.69) is 21.3 Å². The number of rotatable bonds is 6. The quantitative estimate of drug-likeness (QED) is 0.159. The molecular formula is C26H18Cl4N4S3. The number of benzene rings is 4. The van der Waals surface area contributed by atoms with Crippen LogP contribution < -0.4 is 21.3 Å². The van der Waals surface area contributed by atoms with Gasteiger partial charge in [0, 0.05) is 31.2 Å². The van der Waals surface area contributed by atoms with Gasteiger partial charge in [-0.3, -0.25) is 0 Å². The summed E-state index contributed by atoms with van der Waals surface area (Å²) in [6, 6.07) is 26.3. The molecular weight excluding hydrogens is 606 g/mol. The fourth-order valence-corrected chi connectivity index (χ4v) is 5.28. The van der Waals surface area contributed by atoms with E-state index in [4.69, 9.17) is 70.8 Å². The topological polar surface area (TPSA) is 48.1 Å². The molecule has 0 fully saturated rings. The van der Waals surface area contributed by atoms with Gasteiger partial charge in [0.15, 0.2) is 10.2 Å². The molecule has 0 aliphatic rings. The van der Waals surface area contributed by atoms with Gasteiger partial charge in [0.25, 0.3) is 0 Å². The van der Waals surface area contributed by atoms with E-state index in [1.54, 1.807) is 48.2 Å².